The number of methoxy groups -OCH3 is 1. The number of rotatable bonds is 6. The van der Waals surface area contributed by atoms with Gasteiger partial charge in [0.25, 0.3) is 11.8 Å². The first-order chi connectivity index (χ1) is 13.1. The second-order valence-corrected chi connectivity index (χ2v) is 6.47. The van der Waals surface area contributed by atoms with Crippen molar-refractivity contribution >= 4 is 17.5 Å². The summed E-state index contributed by atoms with van der Waals surface area (Å²) in [5.74, 6) is -0.0756. The Morgan fingerprint density at radius 2 is 2.00 bits per heavy atom. The summed E-state index contributed by atoms with van der Waals surface area (Å²) >= 11 is 0. The first kappa shape index (κ1) is 18.8. The maximum absolute atomic E-state index is 12.6. The van der Waals surface area contributed by atoms with E-state index in [1.165, 1.54) is 18.5 Å². The quantitative estimate of drug-likeness (QED) is 0.817. The highest BCUT2D eigenvalue weighted by molar-refractivity contribution is 6.06. The summed E-state index contributed by atoms with van der Waals surface area (Å²) in [7, 11) is 1.54. The molecule has 0 aliphatic carbocycles. The van der Waals surface area contributed by atoms with Crippen molar-refractivity contribution in [2.45, 2.75) is 25.9 Å². The van der Waals surface area contributed by atoms with E-state index in [1.807, 2.05) is 19.1 Å². The van der Waals surface area contributed by atoms with Crippen LogP contribution in [0.25, 0.3) is 0 Å². The molecule has 1 unspecified atom stereocenters. The summed E-state index contributed by atoms with van der Waals surface area (Å²) in [5.41, 5.74) is 2.18. The molecule has 0 radical (unpaired) electrons. The Labute approximate surface area is 158 Å². The molecule has 2 aromatic rings. The number of nitrogens with one attached hydrogen (secondary N) is 2. The molecular weight excluding hydrogens is 346 g/mol. The summed E-state index contributed by atoms with van der Waals surface area (Å²) in [6.07, 6.45) is 4.88. The van der Waals surface area contributed by atoms with E-state index in [0.29, 0.717) is 29.1 Å². The number of ether oxygens (including phenoxy) is 2. The molecule has 7 heteroatoms. The molecule has 1 aromatic carbocycles. The Hall–Kier alpha value is -2.93. The van der Waals surface area contributed by atoms with Gasteiger partial charge in [0.2, 0.25) is 0 Å². The molecule has 1 fully saturated rings. The number of pyridine rings is 1. The minimum atomic E-state index is -0.361. The second kappa shape index (κ2) is 8.64. The summed E-state index contributed by atoms with van der Waals surface area (Å²) in [6, 6.07) is 7.03. The van der Waals surface area contributed by atoms with Gasteiger partial charge in [-0.25, -0.2) is 0 Å². The molecule has 0 bridgehead atoms. The van der Waals surface area contributed by atoms with Crippen LogP contribution in [-0.4, -0.2) is 43.2 Å². The normalized spacial score (nSPS) is 16.0. The van der Waals surface area contributed by atoms with Crippen molar-refractivity contribution in [2.24, 2.45) is 0 Å². The van der Waals surface area contributed by atoms with Gasteiger partial charge in [-0.2, -0.15) is 0 Å². The number of carbonyl (C=O) groups is 2. The Bertz CT molecular complexity index is 832. The Morgan fingerprint density at radius 3 is 2.70 bits per heavy atom. The Kier molecular flexibility index (Phi) is 6.03. The van der Waals surface area contributed by atoms with Crippen molar-refractivity contribution in [3.8, 4) is 5.75 Å². The van der Waals surface area contributed by atoms with Gasteiger partial charge in [0, 0.05) is 25.5 Å². The van der Waals surface area contributed by atoms with Crippen molar-refractivity contribution in [3.05, 3.63) is 53.3 Å². The molecule has 142 valence electrons. The molecule has 27 heavy (non-hydrogen) atoms. The van der Waals surface area contributed by atoms with Crippen molar-refractivity contribution in [3.63, 3.8) is 0 Å². The number of carbonyl (C=O) groups excluding carboxylic acids is 2. The molecule has 1 atom stereocenters. The third-order valence-corrected chi connectivity index (χ3v) is 4.38. The molecule has 2 heterocycles. The molecule has 0 saturated carbocycles. The van der Waals surface area contributed by atoms with Crippen molar-refractivity contribution < 1.29 is 19.1 Å². The van der Waals surface area contributed by atoms with Gasteiger partial charge in [-0.3, -0.25) is 14.6 Å². The molecule has 3 rings (SSSR count). The molecule has 1 aliphatic rings. The van der Waals surface area contributed by atoms with Crippen LogP contribution < -0.4 is 15.4 Å². The van der Waals surface area contributed by atoms with Crippen LogP contribution in [0.5, 0.6) is 5.75 Å². The van der Waals surface area contributed by atoms with Gasteiger partial charge in [-0.1, -0.05) is 6.07 Å². The predicted molar refractivity (Wildman–Crippen MR) is 101 cm³/mol. The average Bonchev–Trinajstić information content (AvgIpc) is 3.20. The van der Waals surface area contributed by atoms with Gasteiger partial charge in [0.1, 0.15) is 5.75 Å². The standard InChI is InChI=1S/C20H23N3O4/c1-13-5-6-18(26-2)17(8-13)23-20(25)15-9-14(10-21-11-15)19(24)22-12-16-4-3-7-27-16/h5-6,8-11,16H,3-4,7,12H2,1-2H3,(H,22,24)(H,23,25). The van der Waals surface area contributed by atoms with E-state index in [9.17, 15) is 9.59 Å². The lowest BCUT2D eigenvalue weighted by Gasteiger charge is -2.12. The lowest BCUT2D eigenvalue weighted by Crippen LogP contribution is -2.32. The second-order valence-electron chi connectivity index (χ2n) is 6.47. The van der Waals surface area contributed by atoms with E-state index < -0.39 is 0 Å². The molecule has 2 N–H and O–H groups in total. The minimum Gasteiger partial charge on any atom is -0.495 e. The maximum Gasteiger partial charge on any atom is 0.257 e. The maximum atomic E-state index is 12.6. The number of hydrogen-bond donors (Lipinski definition) is 2. The smallest absolute Gasteiger partial charge is 0.257 e. The van der Waals surface area contributed by atoms with Gasteiger partial charge in [-0.15, -0.1) is 0 Å². The molecular formula is C20H23N3O4. The highest BCUT2D eigenvalue weighted by Gasteiger charge is 2.18. The van der Waals surface area contributed by atoms with Crippen LogP contribution in [0, 0.1) is 6.92 Å². The number of nitrogens with zero attached hydrogens (tertiary/aromatic N) is 1. The fourth-order valence-corrected chi connectivity index (χ4v) is 2.92. The zero-order chi connectivity index (χ0) is 19.2. The van der Waals surface area contributed by atoms with Crippen molar-refractivity contribution in [2.75, 3.05) is 25.6 Å². The molecule has 2 amide bonds. The zero-order valence-corrected chi connectivity index (χ0v) is 15.5. The Balaban J connectivity index is 1.68. The van der Waals surface area contributed by atoms with Crippen LogP contribution in [0.1, 0.15) is 39.1 Å². The number of hydrogen-bond acceptors (Lipinski definition) is 5. The van der Waals surface area contributed by atoms with E-state index in [0.717, 1.165) is 25.0 Å². The SMILES string of the molecule is COc1ccc(C)cc1NC(=O)c1cncc(C(=O)NCC2CCCO2)c1. The summed E-state index contributed by atoms with van der Waals surface area (Å²) in [6.45, 7) is 3.12. The van der Waals surface area contributed by atoms with Crippen molar-refractivity contribution in [1.82, 2.24) is 10.3 Å². The summed E-state index contributed by atoms with van der Waals surface area (Å²) < 4.78 is 10.8. The third kappa shape index (κ3) is 4.83. The summed E-state index contributed by atoms with van der Waals surface area (Å²) in [5, 5.41) is 5.63. The van der Waals surface area contributed by atoms with E-state index in [-0.39, 0.29) is 17.9 Å². The monoisotopic (exact) mass is 369 g/mol. The van der Waals surface area contributed by atoms with Crippen LogP contribution in [0.15, 0.2) is 36.7 Å². The first-order valence-corrected chi connectivity index (χ1v) is 8.87. The van der Waals surface area contributed by atoms with Crippen LogP contribution in [0.3, 0.4) is 0 Å². The van der Waals surface area contributed by atoms with Gasteiger partial charge in [-0.05, 0) is 43.5 Å². The van der Waals surface area contributed by atoms with E-state index in [2.05, 4.69) is 15.6 Å². The molecule has 7 nitrogen and oxygen atoms in total. The van der Waals surface area contributed by atoms with Gasteiger partial charge >= 0.3 is 0 Å². The highest BCUT2D eigenvalue weighted by Crippen LogP contribution is 2.25. The van der Waals surface area contributed by atoms with Crippen LogP contribution in [-0.2, 0) is 4.74 Å². The van der Waals surface area contributed by atoms with Crippen LogP contribution in [0.4, 0.5) is 5.69 Å². The molecule has 1 saturated heterocycles. The molecule has 1 aromatic heterocycles. The van der Waals surface area contributed by atoms with Gasteiger partial charge < -0.3 is 20.1 Å². The number of amides is 2. The van der Waals surface area contributed by atoms with E-state index in [1.54, 1.807) is 13.2 Å². The predicted octanol–water partition coefficient (Wildman–Crippen LogP) is 2.56. The minimum absolute atomic E-state index is 0.0576. The number of aromatic nitrogens is 1. The van der Waals surface area contributed by atoms with Crippen LogP contribution >= 0.6 is 0 Å². The first-order valence-electron chi connectivity index (χ1n) is 8.87. The average molecular weight is 369 g/mol. The lowest BCUT2D eigenvalue weighted by molar-refractivity contribution is 0.0857. The van der Waals surface area contributed by atoms with E-state index in [4.69, 9.17) is 9.47 Å². The Morgan fingerprint density at radius 1 is 1.22 bits per heavy atom. The van der Waals surface area contributed by atoms with Crippen molar-refractivity contribution in [1.29, 1.82) is 0 Å². The third-order valence-electron chi connectivity index (χ3n) is 4.38. The number of aryl methyl sites for hydroxylation is 1. The molecule has 0 spiro atoms. The number of anilines is 1. The van der Waals surface area contributed by atoms with Gasteiger partial charge in [0.15, 0.2) is 0 Å². The van der Waals surface area contributed by atoms with E-state index >= 15 is 0 Å². The number of benzene rings is 1. The fraction of sp³-hybridized carbons (Fsp3) is 0.350. The van der Waals surface area contributed by atoms with Gasteiger partial charge in [0.05, 0.1) is 30.0 Å². The van der Waals surface area contributed by atoms with Crippen LogP contribution in [0.2, 0.25) is 0 Å². The zero-order valence-electron chi connectivity index (χ0n) is 15.5. The molecule has 1 aliphatic heterocycles. The lowest BCUT2D eigenvalue weighted by atomic mass is 10.1. The topological polar surface area (TPSA) is 89.5 Å². The summed E-state index contributed by atoms with van der Waals surface area (Å²) in [4.78, 5) is 28.9. The fourth-order valence-electron chi connectivity index (χ4n) is 2.92. The highest BCUT2D eigenvalue weighted by atomic mass is 16.5. The largest absolute Gasteiger partial charge is 0.495 e.